The number of rotatable bonds is 4. The number of carbonyl (C=O) groups excluding carboxylic acids is 1. The molecule has 19 heavy (non-hydrogen) atoms. The Kier molecular flexibility index (Phi) is 3.76. The Labute approximate surface area is 107 Å². The molecular formula is C12H13N3O4. The van der Waals surface area contributed by atoms with Gasteiger partial charge in [-0.15, -0.1) is 0 Å². The Balaban J connectivity index is 2.41. The van der Waals surface area contributed by atoms with Crippen LogP contribution in [0.15, 0.2) is 33.9 Å². The zero-order valence-corrected chi connectivity index (χ0v) is 10.0. The summed E-state index contributed by atoms with van der Waals surface area (Å²) < 4.78 is 0.828. The number of hydrogen-bond donors (Lipinski definition) is 3. The molecule has 2 rings (SSSR count). The van der Waals surface area contributed by atoms with E-state index >= 15 is 0 Å². The third-order valence-corrected chi connectivity index (χ3v) is 2.63. The lowest BCUT2D eigenvalue weighted by atomic mass is 10.2. The SMILES string of the molecule is O=C(Cn1c(=O)[nH]c2ccccc2c1=O)NCCO. The highest BCUT2D eigenvalue weighted by molar-refractivity contribution is 5.78. The standard InChI is InChI=1S/C12H13N3O4/c16-6-5-13-10(17)7-15-11(18)8-3-1-2-4-9(8)14-12(15)19/h1-4,16H,5-7H2,(H,13,17)(H,14,19). The first-order valence-corrected chi connectivity index (χ1v) is 5.73. The summed E-state index contributed by atoms with van der Waals surface area (Å²) in [5.41, 5.74) is -0.717. The molecule has 7 heteroatoms. The van der Waals surface area contributed by atoms with Crippen LogP contribution < -0.4 is 16.6 Å². The van der Waals surface area contributed by atoms with Gasteiger partial charge in [0.05, 0.1) is 17.5 Å². The van der Waals surface area contributed by atoms with Crippen LogP contribution in [0.25, 0.3) is 10.9 Å². The van der Waals surface area contributed by atoms with Crippen LogP contribution >= 0.6 is 0 Å². The minimum Gasteiger partial charge on any atom is -0.395 e. The molecule has 0 fully saturated rings. The molecule has 1 amide bonds. The Hall–Kier alpha value is -2.41. The van der Waals surface area contributed by atoms with Crippen LogP contribution in [-0.4, -0.2) is 33.7 Å². The Morgan fingerprint density at radius 1 is 1.32 bits per heavy atom. The Bertz CT molecular complexity index is 717. The number of nitrogens with one attached hydrogen (secondary N) is 2. The van der Waals surface area contributed by atoms with Crippen molar-refractivity contribution in [1.82, 2.24) is 14.9 Å². The van der Waals surface area contributed by atoms with Gasteiger partial charge in [0.25, 0.3) is 5.56 Å². The first-order valence-electron chi connectivity index (χ1n) is 5.73. The summed E-state index contributed by atoms with van der Waals surface area (Å²) >= 11 is 0. The van der Waals surface area contributed by atoms with Crippen LogP contribution in [0.1, 0.15) is 0 Å². The van der Waals surface area contributed by atoms with Gasteiger partial charge in [0.1, 0.15) is 6.54 Å². The first kappa shape index (κ1) is 13.0. The lowest BCUT2D eigenvalue weighted by Gasteiger charge is -2.06. The maximum atomic E-state index is 12.1. The first-order chi connectivity index (χ1) is 9.13. The van der Waals surface area contributed by atoms with E-state index in [0.717, 1.165) is 4.57 Å². The number of carbonyl (C=O) groups is 1. The molecule has 0 saturated carbocycles. The van der Waals surface area contributed by atoms with Gasteiger partial charge in [0.15, 0.2) is 0 Å². The molecule has 0 aliphatic heterocycles. The molecule has 2 aromatic rings. The van der Waals surface area contributed by atoms with E-state index in [4.69, 9.17) is 5.11 Å². The minimum absolute atomic E-state index is 0.0824. The number of amides is 1. The van der Waals surface area contributed by atoms with Gasteiger partial charge in [0, 0.05) is 6.54 Å². The molecular weight excluding hydrogens is 250 g/mol. The van der Waals surface area contributed by atoms with Crippen molar-refractivity contribution < 1.29 is 9.90 Å². The summed E-state index contributed by atoms with van der Waals surface area (Å²) in [7, 11) is 0. The van der Waals surface area contributed by atoms with Crippen LogP contribution in [0.5, 0.6) is 0 Å². The lowest BCUT2D eigenvalue weighted by molar-refractivity contribution is -0.121. The van der Waals surface area contributed by atoms with Crippen molar-refractivity contribution in [2.24, 2.45) is 0 Å². The second-order valence-electron chi connectivity index (χ2n) is 3.94. The number of fused-ring (bicyclic) bond motifs is 1. The normalized spacial score (nSPS) is 10.6. The molecule has 7 nitrogen and oxygen atoms in total. The lowest BCUT2D eigenvalue weighted by Crippen LogP contribution is -2.41. The van der Waals surface area contributed by atoms with E-state index < -0.39 is 17.2 Å². The molecule has 3 N–H and O–H groups in total. The predicted octanol–water partition coefficient (Wildman–Crippen LogP) is -1.20. The third kappa shape index (κ3) is 2.71. The topological polar surface area (TPSA) is 104 Å². The molecule has 0 spiro atoms. The molecule has 0 radical (unpaired) electrons. The molecule has 0 unspecified atom stereocenters. The Morgan fingerprint density at radius 2 is 2.05 bits per heavy atom. The average molecular weight is 263 g/mol. The zero-order chi connectivity index (χ0) is 13.8. The van der Waals surface area contributed by atoms with Gasteiger partial charge >= 0.3 is 5.69 Å². The van der Waals surface area contributed by atoms with Crippen molar-refractivity contribution in [3.63, 3.8) is 0 Å². The van der Waals surface area contributed by atoms with Crippen LogP contribution in [-0.2, 0) is 11.3 Å². The van der Waals surface area contributed by atoms with E-state index in [9.17, 15) is 14.4 Å². The largest absolute Gasteiger partial charge is 0.395 e. The van der Waals surface area contributed by atoms with E-state index in [0.29, 0.717) is 10.9 Å². The molecule has 100 valence electrons. The molecule has 0 saturated heterocycles. The maximum Gasteiger partial charge on any atom is 0.329 e. The highest BCUT2D eigenvalue weighted by Gasteiger charge is 2.10. The fraction of sp³-hybridized carbons (Fsp3) is 0.250. The fourth-order valence-corrected chi connectivity index (χ4v) is 1.74. The Morgan fingerprint density at radius 3 is 2.79 bits per heavy atom. The van der Waals surface area contributed by atoms with Crippen molar-refractivity contribution in [3.8, 4) is 0 Å². The molecule has 0 atom stereocenters. The molecule has 0 aliphatic carbocycles. The van der Waals surface area contributed by atoms with Gasteiger partial charge < -0.3 is 15.4 Å². The minimum atomic E-state index is -0.636. The second-order valence-corrected chi connectivity index (χ2v) is 3.94. The van der Waals surface area contributed by atoms with Gasteiger partial charge in [-0.3, -0.25) is 14.2 Å². The number of para-hydroxylation sites is 1. The predicted molar refractivity (Wildman–Crippen MR) is 68.9 cm³/mol. The molecule has 1 aromatic heterocycles. The van der Waals surface area contributed by atoms with Gasteiger partial charge in [-0.05, 0) is 12.1 Å². The van der Waals surface area contributed by atoms with Gasteiger partial charge in [0.2, 0.25) is 5.91 Å². The second kappa shape index (κ2) is 5.49. The number of H-pyrrole nitrogens is 1. The monoisotopic (exact) mass is 263 g/mol. The number of benzene rings is 1. The smallest absolute Gasteiger partial charge is 0.329 e. The number of nitrogens with zero attached hydrogens (tertiary/aromatic N) is 1. The van der Waals surface area contributed by atoms with E-state index in [-0.39, 0.29) is 19.7 Å². The zero-order valence-electron chi connectivity index (χ0n) is 10.0. The summed E-state index contributed by atoms with van der Waals surface area (Å²) in [4.78, 5) is 37.8. The number of aromatic amines is 1. The summed E-state index contributed by atoms with van der Waals surface area (Å²) in [6.45, 7) is -0.493. The van der Waals surface area contributed by atoms with E-state index in [1.165, 1.54) is 0 Å². The highest BCUT2D eigenvalue weighted by atomic mass is 16.3. The van der Waals surface area contributed by atoms with Crippen LogP contribution in [0.2, 0.25) is 0 Å². The van der Waals surface area contributed by atoms with Crippen LogP contribution in [0.4, 0.5) is 0 Å². The summed E-state index contributed by atoms with van der Waals surface area (Å²) in [5, 5.41) is 11.3. The number of aliphatic hydroxyl groups is 1. The van der Waals surface area contributed by atoms with Crippen LogP contribution in [0, 0.1) is 0 Å². The van der Waals surface area contributed by atoms with Gasteiger partial charge in [-0.2, -0.15) is 0 Å². The molecule has 0 bridgehead atoms. The third-order valence-electron chi connectivity index (χ3n) is 2.63. The summed E-state index contributed by atoms with van der Waals surface area (Å²) in [5.74, 6) is -0.503. The van der Waals surface area contributed by atoms with Crippen LogP contribution in [0.3, 0.4) is 0 Å². The van der Waals surface area contributed by atoms with Crippen molar-refractivity contribution in [1.29, 1.82) is 0 Å². The van der Waals surface area contributed by atoms with Crippen molar-refractivity contribution in [3.05, 3.63) is 45.1 Å². The highest BCUT2D eigenvalue weighted by Crippen LogP contribution is 2.02. The summed E-state index contributed by atoms with van der Waals surface area (Å²) in [6, 6.07) is 6.58. The summed E-state index contributed by atoms with van der Waals surface area (Å²) in [6.07, 6.45) is 0. The number of hydrogen-bond acceptors (Lipinski definition) is 4. The maximum absolute atomic E-state index is 12.1. The molecule has 0 aliphatic rings. The van der Waals surface area contributed by atoms with Crippen molar-refractivity contribution in [2.45, 2.75) is 6.54 Å². The van der Waals surface area contributed by atoms with Gasteiger partial charge in [-0.25, -0.2) is 4.79 Å². The van der Waals surface area contributed by atoms with Crippen molar-refractivity contribution >= 4 is 16.8 Å². The van der Waals surface area contributed by atoms with Crippen molar-refractivity contribution in [2.75, 3.05) is 13.2 Å². The number of aliphatic hydroxyl groups excluding tert-OH is 1. The molecule has 1 aromatic carbocycles. The van der Waals surface area contributed by atoms with Gasteiger partial charge in [-0.1, -0.05) is 12.1 Å². The average Bonchev–Trinajstić information content (AvgIpc) is 2.41. The van der Waals surface area contributed by atoms with E-state index in [1.54, 1.807) is 24.3 Å². The van der Waals surface area contributed by atoms with E-state index in [2.05, 4.69) is 10.3 Å². The molecule has 1 heterocycles. The quantitative estimate of drug-likeness (QED) is 0.644. The number of aromatic nitrogens is 2. The fourth-order valence-electron chi connectivity index (χ4n) is 1.74. The van der Waals surface area contributed by atoms with E-state index in [1.807, 2.05) is 0 Å².